The van der Waals surface area contributed by atoms with Crippen LogP contribution in [-0.4, -0.2) is 88.2 Å². The number of likely N-dealkylation sites (N-methyl/N-ethyl adjacent to an activating group) is 2. The number of hydrogen-bond donors (Lipinski definition) is 2. The third kappa shape index (κ3) is 9.34. The first-order valence-electron chi connectivity index (χ1n) is 16.3. The van der Waals surface area contributed by atoms with E-state index in [9.17, 15) is 19.5 Å². The lowest BCUT2D eigenvalue weighted by molar-refractivity contribution is 0.0697. The number of benzene rings is 2. The lowest BCUT2D eigenvalue weighted by Gasteiger charge is -2.25. The van der Waals surface area contributed by atoms with Crippen LogP contribution >= 0.6 is 0 Å². The average Bonchev–Trinajstić information content (AvgIpc) is 3.07. The maximum atomic E-state index is 13.2. The maximum absolute atomic E-state index is 13.2. The van der Waals surface area contributed by atoms with E-state index in [-0.39, 0.29) is 65.8 Å². The number of carbonyl (C=O) groups excluding carboxylic acids is 2. The highest BCUT2D eigenvalue weighted by Gasteiger charge is 2.25. The summed E-state index contributed by atoms with van der Waals surface area (Å²) < 4.78 is 12.2. The van der Waals surface area contributed by atoms with Gasteiger partial charge in [0.15, 0.2) is 0 Å². The molecule has 264 valence electrons. The Morgan fingerprint density at radius 3 is 1.98 bits per heavy atom. The molecule has 4 aromatic rings. The van der Waals surface area contributed by atoms with Crippen molar-refractivity contribution in [3.63, 3.8) is 0 Å². The van der Waals surface area contributed by atoms with E-state index in [0.717, 1.165) is 16.9 Å². The molecule has 0 aliphatic rings. The summed E-state index contributed by atoms with van der Waals surface area (Å²) in [4.78, 5) is 53.9. The molecule has 0 atom stereocenters. The van der Waals surface area contributed by atoms with Crippen molar-refractivity contribution in [3.8, 4) is 22.8 Å². The first-order valence-corrected chi connectivity index (χ1v) is 16.3. The molecule has 3 amide bonds. The van der Waals surface area contributed by atoms with Gasteiger partial charge in [-0.15, -0.1) is 0 Å². The van der Waals surface area contributed by atoms with Gasteiger partial charge in [0.2, 0.25) is 5.82 Å². The zero-order valence-corrected chi connectivity index (χ0v) is 30.0. The van der Waals surface area contributed by atoms with Gasteiger partial charge in [-0.2, -0.15) is 0 Å². The van der Waals surface area contributed by atoms with Crippen molar-refractivity contribution >= 4 is 23.6 Å². The highest BCUT2D eigenvalue weighted by molar-refractivity contribution is 6.04. The highest BCUT2D eigenvalue weighted by atomic mass is 16.5. The average molecular weight is 683 g/mol. The van der Waals surface area contributed by atoms with E-state index in [2.05, 4.69) is 41.0 Å². The number of nitrogens with zero attached hydrogens (tertiary/aromatic N) is 5. The number of pyridine rings is 1. The lowest BCUT2D eigenvalue weighted by Crippen LogP contribution is -2.35. The van der Waals surface area contributed by atoms with Gasteiger partial charge in [0.1, 0.15) is 30.3 Å². The minimum atomic E-state index is -1.25. The Labute approximate surface area is 293 Å². The molecule has 2 heterocycles. The van der Waals surface area contributed by atoms with Crippen LogP contribution < -0.4 is 14.8 Å². The quantitative estimate of drug-likeness (QED) is 0.170. The molecular formula is C38H46N6O6. The Kier molecular flexibility index (Phi) is 11.8. The van der Waals surface area contributed by atoms with Gasteiger partial charge in [0.25, 0.3) is 5.91 Å². The van der Waals surface area contributed by atoms with Crippen molar-refractivity contribution in [2.45, 2.75) is 52.4 Å². The summed E-state index contributed by atoms with van der Waals surface area (Å²) in [7, 11) is 3.26. The van der Waals surface area contributed by atoms with Crippen LogP contribution in [0.1, 0.15) is 73.6 Å². The number of urea groups is 1. The van der Waals surface area contributed by atoms with Gasteiger partial charge >= 0.3 is 12.0 Å². The maximum Gasteiger partial charge on any atom is 0.340 e. The molecule has 2 N–H and O–H groups in total. The molecule has 0 radical (unpaired) electrons. The number of hydrogen-bond acceptors (Lipinski definition) is 8. The van der Waals surface area contributed by atoms with E-state index in [1.807, 2.05) is 51.1 Å². The van der Waals surface area contributed by atoms with E-state index in [0.29, 0.717) is 11.3 Å². The molecule has 0 saturated carbocycles. The van der Waals surface area contributed by atoms with Gasteiger partial charge in [0, 0.05) is 38.2 Å². The van der Waals surface area contributed by atoms with Crippen LogP contribution in [0.25, 0.3) is 11.3 Å². The molecule has 0 aliphatic heterocycles. The summed E-state index contributed by atoms with van der Waals surface area (Å²) in [5.41, 5.74) is 2.12. The molecule has 0 saturated heterocycles. The van der Waals surface area contributed by atoms with Crippen molar-refractivity contribution in [1.29, 1.82) is 0 Å². The zero-order chi connectivity index (χ0) is 36.6. The standard InChI is InChI=1S/C38H46N6O6/c1-37(2,3)26-12-9-10-13-29(26)49-23-21-44(8)36(48)42-28-16-19-39-32(31(28)35(46)47)25-14-15-27(38(4,5)6)30(24-25)50-22-20-43(7)34(45)33-40-17-11-18-41-33/h9-19,24H,20-23H2,1-8H3,(H,46,47)(H,39,42,48). The fraction of sp³-hybridized carbons (Fsp3) is 0.368. The van der Waals surface area contributed by atoms with Crippen LogP contribution in [0.3, 0.4) is 0 Å². The number of para-hydroxylation sites is 1. The second-order valence-corrected chi connectivity index (χ2v) is 13.9. The van der Waals surface area contributed by atoms with E-state index in [4.69, 9.17) is 9.47 Å². The predicted molar refractivity (Wildman–Crippen MR) is 192 cm³/mol. The third-order valence-corrected chi connectivity index (χ3v) is 7.98. The number of rotatable bonds is 12. The van der Waals surface area contributed by atoms with Crippen LogP contribution in [0, 0.1) is 0 Å². The fourth-order valence-electron chi connectivity index (χ4n) is 5.20. The Morgan fingerprint density at radius 1 is 0.740 bits per heavy atom. The molecule has 4 rings (SSSR count). The summed E-state index contributed by atoms with van der Waals surface area (Å²) in [5, 5.41) is 13.1. The monoisotopic (exact) mass is 682 g/mol. The molecule has 0 spiro atoms. The summed E-state index contributed by atoms with van der Waals surface area (Å²) in [6, 6.07) is 15.8. The topological polar surface area (TPSA) is 147 Å². The summed E-state index contributed by atoms with van der Waals surface area (Å²) in [5.74, 6) is -0.222. The number of nitrogens with one attached hydrogen (secondary N) is 1. The molecule has 12 nitrogen and oxygen atoms in total. The lowest BCUT2D eigenvalue weighted by atomic mass is 9.85. The van der Waals surface area contributed by atoms with Crippen molar-refractivity contribution < 1.29 is 29.0 Å². The molecule has 50 heavy (non-hydrogen) atoms. The van der Waals surface area contributed by atoms with Gasteiger partial charge < -0.3 is 29.7 Å². The molecule has 2 aromatic heterocycles. The van der Waals surface area contributed by atoms with Crippen molar-refractivity contribution in [2.24, 2.45) is 0 Å². The van der Waals surface area contributed by atoms with E-state index in [1.165, 1.54) is 34.5 Å². The molecule has 0 unspecified atom stereocenters. The largest absolute Gasteiger partial charge is 0.491 e. The van der Waals surface area contributed by atoms with Crippen molar-refractivity contribution in [1.82, 2.24) is 24.8 Å². The molecular weight excluding hydrogens is 636 g/mol. The normalized spacial score (nSPS) is 11.4. The third-order valence-electron chi connectivity index (χ3n) is 7.98. The second-order valence-electron chi connectivity index (χ2n) is 13.9. The Morgan fingerprint density at radius 2 is 1.34 bits per heavy atom. The molecule has 0 fully saturated rings. The molecule has 12 heteroatoms. The predicted octanol–water partition coefficient (Wildman–Crippen LogP) is 6.53. The van der Waals surface area contributed by atoms with Gasteiger partial charge in [0.05, 0.1) is 24.5 Å². The number of aromatic nitrogens is 3. The van der Waals surface area contributed by atoms with E-state index < -0.39 is 12.0 Å². The number of carbonyl (C=O) groups is 3. The first-order chi connectivity index (χ1) is 23.6. The second kappa shape index (κ2) is 15.8. The van der Waals surface area contributed by atoms with Crippen LogP contribution in [0.4, 0.5) is 10.5 Å². The Bertz CT molecular complexity index is 1820. The summed E-state index contributed by atoms with van der Waals surface area (Å²) >= 11 is 0. The van der Waals surface area contributed by atoms with Gasteiger partial charge in [-0.1, -0.05) is 71.9 Å². The van der Waals surface area contributed by atoms with Gasteiger partial charge in [-0.05, 0) is 46.2 Å². The minimum Gasteiger partial charge on any atom is -0.491 e. The van der Waals surface area contributed by atoms with Crippen LogP contribution in [0.15, 0.2) is 73.2 Å². The highest BCUT2D eigenvalue weighted by Crippen LogP contribution is 2.37. The van der Waals surface area contributed by atoms with Gasteiger partial charge in [-0.3, -0.25) is 9.78 Å². The number of carboxylic acid groups (broad SMARTS) is 1. The molecule has 0 bridgehead atoms. The van der Waals surface area contributed by atoms with E-state index >= 15 is 0 Å². The number of amides is 3. The van der Waals surface area contributed by atoms with Crippen LogP contribution in [0.5, 0.6) is 11.5 Å². The Hall–Kier alpha value is -5.52. The van der Waals surface area contributed by atoms with E-state index in [1.54, 1.807) is 32.3 Å². The number of aromatic carboxylic acids is 1. The van der Waals surface area contributed by atoms with Crippen molar-refractivity contribution in [2.75, 3.05) is 45.7 Å². The SMILES string of the molecule is CN(CCOc1ccccc1C(C)(C)C)C(=O)Nc1ccnc(-c2ccc(C(C)(C)C)c(OCCN(C)C(=O)c3ncccn3)c2)c1C(=O)O. The van der Waals surface area contributed by atoms with Crippen molar-refractivity contribution in [3.05, 3.63) is 95.7 Å². The first kappa shape index (κ1) is 37.3. The number of carboxylic acids is 1. The van der Waals surface area contributed by atoms with Crippen LogP contribution in [0.2, 0.25) is 0 Å². The molecule has 2 aromatic carbocycles. The Balaban J connectivity index is 1.51. The fourth-order valence-corrected chi connectivity index (χ4v) is 5.20. The smallest absolute Gasteiger partial charge is 0.340 e. The summed E-state index contributed by atoms with van der Waals surface area (Å²) in [6.07, 6.45) is 4.47. The minimum absolute atomic E-state index is 0.0908. The van der Waals surface area contributed by atoms with Gasteiger partial charge in [-0.25, -0.2) is 19.6 Å². The zero-order valence-electron chi connectivity index (χ0n) is 30.0. The number of ether oxygens (including phenoxy) is 2. The number of anilines is 1. The molecule has 0 aliphatic carbocycles. The van der Waals surface area contributed by atoms with Crippen LogP contribution in [-0.2, 0) is 10.8 Å². The summed E-state index contributed by atoms with van der Waals surface area (Å²) in [6.45, 7) is 13.4.